The van der Waals surface area contributed by atoms with Crippen molar-refractivity contribution in [2.75, 3.05) is 0 Å². The molecule has 0 aliphatic heterocycles. The SMILES string of the molecule is C=C(C)C(=O)NC(C)(C)C.CC(=O)NC(C)(C)C.CC(C)(C)NC(=O)OC(C)(C)C.CC(C)(C)NC=O.CCC(=O)NC(C)(C)C. The fourth-order valence-electron chi connectivity index (χ4n) is 2.27. The summed E-state index contributed by atoms with van der Waals surface area (Å²) in [6.45, 7) is 43.2. The van der Waals surface area contributed by atoms with Crippen LogP contribution in [0.4, 0.5) is 4.79 Å². The molecular formula is C35H73N5O6. The number of carbonyl (C=O) groups excluding carboxylic acids is 5. The average Bonchev–Trinajstić information content (AvgIpc) is 2.67. The van der Waals surface area contributed by atoms with Crippen molar-refractivity contribution in [1.82, 2.24) is 26.6 Å². The highest BCUT2D eigenvalue weighted by molar-refractivity contribution is 5.92. The topological polar surface area (TPSA) is 155 Å². The lowest BCUT2D eigenvalue weighted by Gasteiger charge is -2.25. The molecule has 5 N–H and O–H groups in total. The molecule has 0 aromatic heterocycles. The molecule has 0 fully saturated rings. The number of rotatable bonds is 3. The Morgan fingerprint density at radius 2 is 0.935 bits per heavy atom. The van der Waals surface area contributed by atoms with Crippen molar-refractivity contribution in [1.29, 1.82) is 0 Å². The summed E-state index contributed by atoms with van der Waals surface area (Å²) >= 11 is 0. The summed E-state index contributed by atoms with van der Waals surface area (Å²) in [7, 11) is 0. The summed E-state index contributed by atoms with van der Waals surface area (Å²) < 4.78 is 5.06. The van der Waals surface area contributed by atoms with Crippen molar-refractivity contribution in [3.05, 3.63) is 12.2 Å². The highest BCUT2D eigenvalue weighted by Gasteiger charge is 2.20. The van der Waals surface area contributed by atoms with Crippen LogP contribution in [0.5, 0.6) is 0 Å². The van der Waals surface area contributed by atoms with Gasteiger partial charge in [0.1, 0.15) is 5.60 Å². The van der Waals surface area contributed by atoms with Crippen LogP contribution in [-0.4, -0.2) is 63.5 Å². The molecular weight excluding hydrogens is 586 g/mol. The first kappa shape index (κ1) is 52.4. The molecule has 0 heterocycles. The largest absolute Gasteiger partial charge is 0.444 e. The molecule has 0 aromatic carbocycles. The number of hydrogen-bond donors (Lipinski definition) is 5. The van der Waals surface area contributed by atoms with E-state index in [1.807, 2.05) is 132 Å². The van der Waals surface area contributed by atoms with Crippen molar-refractivity contribution >= 4 is 30.2 Å². The van der Waals surface area contributed by atoms with Gasteiger partial charge in [-0.1, -0.05) is 13.5 Å². The number of alkyl carbamates (subject to hydrolysis) is 1. The molecule has 0 bridgehead atoms. The summed E-state index contributed by atoms with van der Waals surface area (Å²) in [5, 5.41) is 13.7. The van der Waals surface area contributed by atoms with Gasteiger partial charge in [-0.3, -0.25) is 19.2 Å². The van der Waals surface area contributed by atoms with Crippen LogP contribution in [0.15, 0.2) is 12.2 Å². The van der Waals surface area contributed by atoms with Gasteiger partial charge in [0.25, 0.3) is 0 Å². The Kier molecular flexibility index (Phi) is 25.6. The minimum absolute atomic E-state index is 0.0255. The molecule has 0 saturated heterocycles. The second-order valence-corrected chi connectivity index (χ2v) is 17.0. The number of ether oxygens (including phenoxy) is 1. The summed E-state index contributed by atoms with van der Waals surface area (Å²) in [4.78, 5) is 52.9. The highest BCUT2D eigenvalue weighted by atomic mass is 16.6. The zero-order valence-electron chi connectivity index (χ0n) is 33.4. The standard InChI is InChI=1S/C9H19NO2.C8H15NO.C7H15NO.C6H13NO.C5H11NO/c1-8(2,3)10-7(11)12-9(4,5)6;1-6(2)7(10)9-8(3,4)5;1-5-6(9)8-7(2,3)4;1-5(8)7-6(2,3)4;1-5(2,3)6-4-7/h1-6H3,(H,10,11);1H2,2-5H3,(H,9,10);5H2,1-4H3,(H,8,9);1-4H3,(H,7,8);4H,1-3H3,(H,6,7). The Labute approximate surface area is 282 Å². The Morgan fingerprint density at radius 3 is 1.04 bits per heavy atom. The van der Waals surface area contributed by atoms with Crippen LogP contribution in [0, 0.1) is 0 Å². The molecule has 0 aliphatic rings. The van der Waals surface area contributed by atoms with E-state index in [1.165, 1.54) is 6.92 Å². The molecule has 0 unspecified atom stereocenters. The second kappa shape index (κ2) is 22.4. The first-order chi connectivity index (χ1) is 19.9. The predicted octanol–water partition coefficient (Wildman–Crippen LogP) is 6.55. The molecule has 11 nitrogen and oxygen atoms in total. The van der Waals surface area contributed by atoms with Crippen LogP contribution < -0.4 is 26.6 Å². The Balaban J connectivity index is -0.000000154. The molecule has 0 rings (SSSR count). The quantitative estimate of drug-likeness (QED) is 0.171. The summed E-state index contributed by atoms with van der Waals surface area (Å²) in [6.07, 6.45) is 0.909. The van der Waals surface area contributed by atoms with E-state index in [-0.39, 0.29) is 51.5 Å². The number of nitrogens with one attached hydrogen (secondary N) is 5. The van der Waals surface area contributed by atoms with Crippen molar-refractivity contribution < 1.29 is 28.7 Å². The van der Waals surface area contributed by atoms with Gasteiger partial charge in [0, 0.05) is 46.6 Å². The minimum atomic E-state index is -0.421. The van der Waals surface area contributed by atoms with Crippen LogP contribution in [0.2, 0.25) is 0 Å². The van der Waals surface area contributed by atoms with E-state index >= 15 is 0 Å². The van der Waals surface area contributed by atoms with Gasteiger partial charge in [0.05, 0.1) is 0 Å². The first-order valence-corrected chi connectivity index (χ1v) is 15.7. The average molecular weight is 660 g/mol. The Morgan fingerprint density at radius 1 is 0.587 bits per heavy atom. The van der Waals surface area contributed by atoms with Crippen LogP contribution >= 0.6 is 0 Å². The minimum Gasteiger partial charge on any atom is -0.444 e. The smallest absolute Gasteiger partial charge is 0.408 e. The van der Waals surface area contributed by atoms with Crippen molar-refractivity contribution in [3.63, 3.8) is 0 Å². The third kappa shape index (κ3) is 64.0. The van der Waals surface area contributed by atoms with Crippen LogP contribution in [-0.2, 0) is 23.9 Å². The molecule has 0 saturated carbocycles. The van der Waals surface area contributed by atoms with E-state index in [0.29, 0.717) is 18.4 Å². The maximum Gasteiger partial charge on any atom is 0.408 e. The maximum absolute atomic E-state index is 11.1. The fourth-order valence-corrected chi connectivity index (χ4v) is 2.27. The molecule has 0 aromatic rings. The molecule has 11 heteroatoms. The van der Waals surface area contributed by atoms with Crippen molar-refractivity contribution in [2.45, 2.75) is 185 Å². The van der Waals surface area contributed by atoms with Crippen LogP contribution in [0.3, 0.4) is 0 Å². The van der Waals surface area contributed by atoms with Gasteiger partial charge in [-0.15, -0.1) is 0 Å². The highest BCUT2D eigenvalue weighted by Crippen LogP contribution is 2.08. The molecule has 0 aliphatic carbocycles. The molecule has 0 atom stereocenters. The van der Waals surface area contributed by atoms with Crippen LogP contribution in [0.1, 0.15) is 152 Å². The Bertz CT molecular complexity index is 900. The maximum atomic E-state index is 11.1. The molecule has 46 heavy (non-hydrogen) atoms. The number of hydrogen-bond acceptors (Lipinski definition) is 6. The monoisotopic (exact) mass is 660 g/mol. The van der Waals surface area contributed by atoms with Crippen LogP contribution in [0.25, 0.3) is 0 Å². The molecule has 274 valence electrons. The number of amides is 5. The lowest BCUT2D eigenvalue weighted by atomic mass is 10.1. The third-order valence-corrected chi connectivity index (χ3v) is 3.63. The van der Waals surface area contributed by atoms with E-state index in [1.54, 1.807) is 6.92 Å². The van der Waals surface area contributed by atoms with Crippen molar-refractivity contribution in [3.8, 4) is 0 Å². The van der Waals surface area contributed by atoms with Gasteiger partial charge in [-0.25, -0.2) is 4.79 Å². The van der Waals surface area contributed by atoms with E-state index < -0.39 is 5.60 Å². The fraction of sp³-hybridized carbons (Fsp3) is 0.800. The van der Waals surface area contributed by atoms with Gasteiger partial charge in [0.2, 0.25) is 24.1 Å². The van der Waals surface area contributed by atoms with Gasteiger partial charge >= 0.3 is 6.09 Å². The summed E-state index contributed by atoms with van der Waals surface area (Å²) in [5.41, 5.74) is -0.482. The summed E-state index contributed by atoms with van der Waals surface area (Å²) in [5.74, 6) is 0.0625. The third-order valence-electron chi connectivity index (χ3n) is 3.63. The van der Waals surface area contributed by atoms with E-state index in [4.69, 9.17) is 4.74 Å². The zero-order chi connectivity index (χ0) is 38.5. The van der Waals surface area contributed by atoms with Crippen molar-refractivity contribution in [2.24, 2.45) is 0 Å². The molecule has 0 radical (unpaired) electrons. The van der Waals surface area contributed by atoms with E-state index in [2.05, 4.69) is 33.2 Å². The number of carbonyl (C=O) groups is 5. The first-order valence-electron chi connectivity index (χ1n) is 15.7. The van der Waals surface area contributed by atoms with Gasteiger partial charge in [0.15, 0.2) is 0 Å². The lowest BCUT2D eigenvalue weighted by molar-refractivity contribution is -0.122. The van der Waals surface area contributed by atoms with Gasteiger partial charge < -0.3 is 31.3 Å². The van der Waals surface area contributed by atoms with E-state index in [9.17, 15) is 24.0 Å². The summed E-state index contributed by atoms with van der Waals surface area (Å²) in [6, 6.07) is 0. The predicted molar refractivity (Wildman–Crippen MR) is 193 cm³/mol. The Hall–Kier alpha value is -3.11. The lowest BCUT2D eigenvalue weighted by Crippen LogP contribution is -2.43. The normalized spacial score (nSPS) is 11.3. The molecule has 5 amide bonds. The van der Waals surface area contributed by atoms with Gasteiger partial charge in [-0.05, 0) is 132 Å². The zero-order valence-corrected chi connectivity index (χ0v) is 33.4. The second-order valence-electron chi connectivity index (χ2n) is 17.0. The van der Waals surface area contributed by atoms with Gasteiger partial charge in [-0.2, -0.15) is 0 Å². The van der Waals surface area contributed by atoms with E-state index in [0.717, 1.165) is 0 Å². The molecule has 0 spiro atoms.